The lowest BCUT2D eigenvalue weighted by molar-refractivity contribution is 0.208. The van der Waals surface area contributed by atoms with Crippen molar-refractivity contribution in [2.75, 3.05) is 5.43 Å². The van der Waals surface area contributed by atoms with Gasteiger partial charge in [-0.25, -0.2) is 5.43 Å². The molecular weight excluding hydrogens is 254 g/mol. The van der Waals surface area contributed by atoms with Crippen LogP contribution in [0.3, 0.4) is 0 Å². The summed E-state index contributed by atoms with van der Waals surface area (Å²) in [5.41, 5.74) is 4.41. The Hall–Kier alpha value is -1.72. The predicted molar refractivity (Wildman–Crippen MR) is 79.9 cm³/mol. The fourth-order valence-electron chi connectivity index (χ4n) is 2.50. The highest BCUT2D eigenvalue weighted by Gasteiger charge is 2.27. The van der Waals surface area contributed by atoms with Crippen LogP contribution >= 0.6 is 0 Å². The van der Waals surface area contributed by atoms with Gasteiger partial charge in [0.25, 0.3) is 5.56 Å². The van der Waals surface area contributed by atoms with Crippen LogP contribution in [0.5, 0.6) is 0 Å². The number of hydrogen-bond acceptors (Lipinski definition) is 5. The zero-order valence-corrected chi connectivity index (χ0v) is 12.7. The molecule has 0 bridgehead atoms. The minimum Gasteiger partial charge on any atom is -0.288 e. The zero-order valence-electron chi connectivity index (χ0n) is 12.7. The Morgan fingerprint density at radius 2 is 1.90 bits per heavy atom. The van der Waals surface area contributed by atoms with E-state index >= 15 is 0 Å². The smallest absolute Gasteiger partial charge is 0.274 e. The van der Waals surface area contributed by atoms with Gasteiger partial charge in [0.05, 0.1) is 0 Å². The molecular formula is C14H23N5O. The Bertz CT molecular complexity index is 545. The van der Waals surface area contributed by atoms with Gasteiger partial charge < -0.3 is 0 Å². The predicted octanol–water partition coefficient (Wildman–Crippen LogP) is 2.48. The molecule has 1 aromatic heterocycles. The van der Waals surface area contributed by atoms with Crippen molar-refractivity contribution in [3.8, 4) is 0 Å². The first kappa shape index (κ1) is 14.7. The summed E-state index contributed by atoms with van der Waals surface area (Å²) >= 11 is 0. The van der Waals surface area contributed by atoms with Crippen LogP contribution in [0, 0.1) is 18.3 Å². The van der Waals surface area contributed by atoms with Crippen molar-refractivity contribution < 1.29 is 0 Å². The third-order valence-corrected chi connectivity index (χ3v) is 3.97. The summed E-state index contributed by atoms with van der Waals surface area (Å²) in [6.45, 7) is 8.51. The Morgan fingerprint density at radius 3 is 2.45 bits per heavy atom. The van der Waals surface area contributed by atoms with Gasteiger partial charge in [-0.2, -0.15) is 5.10 Å². The molecule has 20 heavy (non-hydrogen) atoms. The van der Waals surface area contributed by atoms with Gasteiger partial charge in [0.15, 0.2) is 0 Å². The van der Waals surface area contributed by atoms with Crippen molar-refractivity contribution in [3.63, 3.8) is 0 Å². The van der Waals surface area contributed by atoms with E-state index in [4.69, 9.17) is 0 Å². The number of aromatic amines is 1. The van der Waals surface area contributed by atoms with E-state index in [1.807, 2.05) is 0 Å². The van der Waals surface area contributed by atoms with Crippen LogP contribution in [0.4, 0.5) is 5.95 Å². The molecule has 1 heterocycles. The Labute approximate surface area is 119 Å². The summed E-state index contributed by atoms with van der Waals surface area (Å²) in [7, 11) is 0. The molecule has 2 N–H and O–H groups in total. The zero-order chi connectivity index (χ0) is 14.8. The van der Waals surface area contributed by atoms with Crippen molar-refractivity contribution >= 4 is 11.7 Å². The summed E-state index contributed by atoms with van der Waals surface area (Å²) in [4.78, 5) is 14.0. The van der Waals surface area contributed by atoms with Crippen molar-refractivity contribution in [2.24, 2.45) is 16.4 Å². The van der Waals surface area contributed by atoms with Gasteiger partial charge in [0.1, 0.15) is 5.69 Å². The first-order valence-electron chi connectivity index (χ1n) is 7.11. The highest BCUT2D eigenvalue weighted by atomic mass is 16.1. The monoisotopic (exact) mass is 277 g/mol. The molecule has 1 fully saturated rings. The van der Waals surface area contributed by atoms with Crippen LogP contribution in [0.2, 0.25) is 0 Å². The van der Waals surface area contributed by atoms with Crippen LogP contribution in [-0.4, -0.2) is 20.9 Å². The van der Waals surface area contributed by atoms with Gasteiger partial charge in [-0.3, -0.25) is 9.78 Å². The SMILES string of the molecule is Cc1nnc(NN=C2CCC(C(C)(C)C)CC2)[nH]c1=O. The van der Waals surface area contributed by atoms with Crippen LogP contribution < -0.4 is 11.0 Å². The molecule has 0 saturated heterocycles. The van der Waals surface area contributed by atoms with Crippen molar-refractivity contribution in [3.05, 3.63) is 16.0 Å². The summed E-state index contributed by atoms with van der Waals surface area (Å²) in [5, 5.41) is 11.9. The van der Waals surface area contributed by atoms with Gasteiger partial charge in [-0.05, 0) is 43.9 Å². The molecule has 1 saturated carbocycles. The molecule has 1 aliphatic rings. The van der Waals surface area contributed by atoms with E-state index in [9.17, 15) is 4.79 Å². The van der Waals surface area contributed by atoms with Gasteiger partial charge in [0, 0.05) is 5.71 Å². The summed E-state index contributed by atoms with van der Waals surface area (Å²) in [6, 6.07) is 0. The van der Waals surface area contributed by atoms with Crippen LogP contribution in [0.15, 0.2) is 9.90 Å². The van der Waals surface area contributed by atoms with E-state index in [1.165, 1.54) is 12.8 Å². The van der Waals surface area contributed by atoms with Gasteiger partial charge >= 0.3 is 0 Å². The number of rotatable bonds is 2. The Kier molecular flexibility index (Phi) is 4.20. The number of nitrogens with zero attached hydrogens (tertiary/aromatic N) is 3. The Morgan fingerprint density at radius 1 is 1.25 bits per heavy atom. The average molecular weight is 277 g/mol. The second-order valence-corrected chi connectivity index (χ2v) is 6.52. The molecule has 0 unspecified atom stereocenters. The number of H-pyrrole nitrogens is 1. The molecule has 0 atom stereocenters. The second-order valence-electron chi connectivity index (χ2n) is 6.52. The van der Waals surface area contributed by atoms with Crippen molar-refractivity contribution in [2.45, 2.75) is 53.4 Å². The Balaban J connectivity index is 1.94. The van der Waals surface area contributed by atoms with Crippen LogP contribution in [0.25, 0.3) is 0 Å². The highest BCUT2D eigenvalue weighted by Crippen LogP contribution is 2.36. The molecule has 0 aliphatic heterocycles. The first-order valence-corrected chi connectivity index (χ1v) is 7.11. The molecule has 1 aliphatic carbocycles. The van der Waals surface area contributed by atoms with Crippen LogP contribution in [0.1, 0.15) is 52.1 Å². The van der Waals surface area contributed by atoms with E-state index in [2.05, 4.69) is 46.5 Å². The van der Waals surface area contributed by atoms with Gasteiger partial charge in [-0.15, -0.1) is 10.2 Å². The lowest BCUT2D eigenvalue weighted by Crippen LogP contribution is -2.26. The molecule has 1 aromatic rings. The maximum Gasteiger partial charge on any atom is 0.274 e. The highest BCUT2D eigenvalue weighted by molar-refractivity contribution is 5.85. The molecule has 0 aromatic carbocycles. The molecule has 2 rings (SSSR count). The van der Waals surface area contributed by atoms with Crippen LogP contribution in [-0.2, 0) is 0 Å². The van der Waals surface area contributed by atoms with E-state index in [0.29, 0.717) is 17.1 Å². The number of hydrazone groups is 1. The van der Waals surface area contributed by atoms with E-state index in [0.717, 1.165) is 24.5 Å². The molecule has 0 radical (unpaired) electrons. The van der Waals surface area contributed by atoms with E-state index < -0.39 is 0 Å². The minimum atomic E-state index is -0.237. The van der Waals surface area contributed by atoms with Gasteiger partial charge in [-0.1, -0.05) is 20.8 Å². The standard InChI is InChI=1S/C14H23N5O/c1-9-12(20)15-13(18-16-9)19-17-11-7-5-10(6-8-11)14(2,3)4/h10H,5-8H2,1-4H3,(H2,15,18,19,20). The molecule has 6 heteroatoms. The maximum atomic E-state index is 11.4. The minimum absolute atomic E-state index is 0.237. The van der Waals surface area contributed by atoms with Crippen molar-refractivity contribution in [1.82, 2.24) is 15.2 Å². The molecule has 0 amide bonds. The summed E-state index contributed by atoms with van der Waals surface area (Å²) in [5.74, 6) is 1.05. The summed E-state index contributed by atoms with van der Waals surface area (Å²) in [6.07, 6.45) is 4.33. The van der Waals surface area contributed by atoms with Gasteiger partial charge in [0.2, 0.25) is 5.95 Å². The topological polar surface area (TPSA) is 83.0 Å². The fraction of sp³-hybridized carbons (Fsp3) is 0.714. The fourth-order valence-corrected chi connectivity index (χ4v) is 2.50. The normalized spacial score (nSPS) is 19.8. The first-order chi connectivity index (χ1) is 9.36. The number of nitrogens with one attached hydrogen (secondary N) is 2. The van der Waals surface area contributed by atoms with E-state index in [-0.39, 0.29) is 5.56 Å². The quantitative estimate of drug-likeness (QED) is 0.813. The maximum absolute atomic E-state index is 11.4. The summed E-state index contributed by atoms with van der Waals surface area (Å²) < 4.78 is 0. The second kappa shape index (κ2) is 5.73. The lowest BCUT2D eigenvalue weighted by atomic mass is 9.72. The van der Waals surface area contributed by atoms with E-state index in [1.54, 1.807) is 6.92 Å². The molecule has 6 nitrogen and oxygen atoms in total. The largest absolute Gasteiger partial charge is 0.288 e. The lowest BCUT2D eigenvalue weighted by Gasteiger charge is -2.34. The van der Waals surface area contributed by atoms with Crippen molar-refractivity contribution in [1.29, 1.82) is 0 Å². The molecule has 110 valence electrons. The average Bonchev–Trinajstić information content (AvgIpc) is 2.40. The number of hydrogen-bond donors (Lipinski definition) is 2. The number of aryl methyl sites for hydroxylation is 1. The number of aromatic nitrogens is 3. The number of anilines is 1. The molecule has 0 spiro atoms. The third kappa shape index (κ3) is 3.65. The third-order valence-electron chi connectivity index (χ3n) is 3.97.